The Morgan fingerprint density at radius 2 is 2.30 bits per heavy atom. The zero-order chi connectivity index (χ0) is 14.7. The van der Waals surface area contributed by atoms with Crippen LogP contribution in [0.15, 0.2) is 16.9 Å². The molecule has 2 rings (SSSR count). The minimum Gasteiger partial charge on any atom is -0.388 e. The van der Waals surface area contributed by atoms with Gasteiger partial charge < -0.3 is 10.6 Å². The van der Waals surface area contributed by atoms with Gasteiger partial charge in [-0.3, -0.25) is 5.41 Å². The molecule has 4 N–H and O–H groups in total. The van der Waals surface area contributed by atoms with Crippen molar-refractivity contribution in [3.05, 3.63) is 22.6 Å². The van der Waals surface area contributed by atoms with E-state index >= 15 is 0 Å². The molecule has 0 saturated heterocycles. The van der Waals surface area contributed by atoms with Crippen LogP contribution < -0.4 is 16.3 Å². The van der Waals surface area contributed by atoms with Gasteiger partial charge in [-0.2, -0.15) is 9.61 Å². The lowest BCUT2D eigenvalue weighted by molar-refractivity contribution is 0.604. The van der Waals surface area contributed by atoms with Crippen LogP contribution in [0.4, 0.5) is 5.82 Å². The lowest BCUT2D eigenvalue weighted by Crippen LogP contribution is -2.32. The van der Waals surface area contributed by atoms with Gasteiger partial charge in [0.15, 0.2) is 5.65 Å². The van der Waals surface area contributed by atoms with Gasteiger partial charge in [0.1, 0.15) is 5.82 Å². The second-order valence-corrected chi connectivity index (χ2v) is 5.11. The van der Waals surface area contributed by atoms with Crippen LogP contribution in [0.2, 0.25) is 0 Å². The highest BCUT2D eigenvalue weighted by Crippen LogP contribution is 2.13. The largest absolute Gasteiger partial charge is 0.388 e. The molecule has 0 amide bonds. The Bertz CT molecular complexity index is 657. The lowest BCUT2D eigenvalue weighted by atomic mass is 10.2. The van der Waals surface area contributed by atoms with Gasteiger partial charge in [0, 0.05) is 19.5 Å². The number of nitrogens with one attached hydrogen (secondary N) is 2. The SMILES string of the molecule is CC(C)CN(CCC(=N)N)c1ccc2n[nH]c(=O)n2n1. The topological polar surface area (TPSA) is 116 Å². The van der Waals surface area contributed by atoms with E-state index in [1.54, 1.807) is 6.07 Å². The summed E-state index contributed by atoms with van der Waals surface area (Å²) in [5.74, 6) is 1.25. The molecule has 0 aliphatic carbocycles. The summed E-state index contributed by atoms with van der Waals surface area (Å²) < 4.78 is 1.23. The van der Waals surface area contributed by atoms with E-state index in [0.29, 0.717) is 30.3 Å². The minimum atomic E-state index is -0.363. The number of aromatic amines is 1. The van der Waals surface area contributed by atoms with Gasteiger partial charge in [-0.05, 0) is 18.1 Å². The first-order valence-electron chi connectivity index (χ1n) is 6.49. The summed E-state index contributed by atoms with van der Waals surface area (Å²) in [7, 11) is 0. The van der Waals surface area contributed by atoms with E-state index in [0.717, 1.165) is 6.54 Å². The van der Waals surface area contributed by atoms with E-state index in [9.17, 15) is 4.79 Å². The van der Waals surface area contributed by atoms with Crippen molar-refractivity contribution in [3.8, 4) is 0 Å². The Morgan fingerprint density at radius 1 is 1.55 bits per heavy atom. The average molecular weight is 277 g/mol. The van der Waals surface area contributed by atoms with Crippen molar-refractivity contribution in [2.24, 2.45) is 11.7 Å². The highest BCUT2D eigenvalue weighted by atomic mass is 16.2. The maximum atomic E-state index is 11.6. The maximum Gasteiger partial charge on any atom is 0.364 e. The molecule has 8 heteroatoms. The molecule has 0 atom stereocenters. The van der Waals surface area contributed by atoms with E-state index in [2.05, 4.69) is 29.1 Å². The Kier molecular flexibility index (Phi) is 4.02. The predicted octanol–water partition coefficient (Wildman–Crippen LogP) is 0.206. The fourth-order valence-corrected chi connectivity index (χ4v) is 1.96. The van der Waals surface area contributed by atoms with Crippen molar-refractivity contribution in [2.45, 2.75) is 20.3 Å². The number of hydrogen-bond donors (Lipinski definition) is 3. The molecule has 2 heterocycles. The van der Waals surface area contributed by atoms with Crippen molar-refractivity contribution < 1.29 is 0 Å². The fourth-order valence-electron chi connectivity index (χ4n) is 1.96. The molecule has 0 aliphatic rings. The smallest absolute Gasteiger partial charge is 0.364 e. The number of aromatic nitrogens is 4. The number of amidine groups is 1. The molecule has 0 aromatic carbocycles. The first kappa shape index (κ1) is 14.0. The normalized spacial score (nSPS) is 11.2. The fraction of sp³-hybridized carbons (Fsp3) is 0.500. The van der Waals surface area contributed by atoms with Crippen LogP contribution in [-0.2, 0) is 0 Å². The predicted molar refractivity (Wildman–Crippen MR) is 77.2 cm³/mol. The summed E-state index contributed by atoms with van der Waals surface area (Å²) in [6, 6.07) is 3.56. The quantitative estimate of drug-likeness (QED) is 0.515. The van der Waals surface area contributed by atoms with Gasteiger partial charge in [-0.1, -0.05) is 13.8 Å². The molecule has 20 heavy (non-hydrogen) atoms. The standard InChI is InChI=1S/C12H19N7O/c1-8(2)7-18(6-5-9(13)14)11-4-3-10-15-16-12(20)19(10)17-11/h3-4,8H,5-7H2,1-2H3,(H3,13,14)(H,16,20). The summed E-state index contributed by atoms with van der Waals surface area (Å²) in [4.78, 5) is 13.6. The number of rotatable bonds is 6. The number of anilines is 1. The zero-order valence-electron chi connectivity index (χ0n) is 11.6. The van der Waals surface area contributed by atoms with Crippen LogP contribution in [0.25, 0.3) is 5.65 Å². The molecule has 0 spiro atoms. The highest BCUT2D eigenvalue weighted by molar-refractivity contribution is 5.77. The molecule has 0 radical (unpaired) electrons. The maximum absolute atomic E-state index is 11.6. The molecular weight excluding hydrogens is 258 g/mol. The Morgan fingerprint density at radius 3 is 2.95 bits per heavy atom. The second kappa shape index (κ2) is 5.72. The van der Waals surface area contributed by atoms with Crippen LogP contribution in [0, 0.1) is 11.3 Å². The van der Waals surface area contributed by atoms with E-state index in [4.69, 9.17) is 11.1 Å². The molecule has 2 aromatic rings. The molecule has 0 aliphatic heterocycles. The van der Waals surface area contributed by atoms with Crippen molar-refractivity contribution in [1.29, 1.82) is 5.41 Å². The van der Waals surface area contributed by atoms with Gasteiger partial charge in [0.25, 0.3) is 0 Å². The highest BCUT2D eigenvalue weighted by Gasteiger charge is 2.12. The van der Waals surface area contributed by atoms with Gasteiger partial charge in [-0.15, -0.1) is 5.10 Å². The van der Waals surface area contributed by atoms with Gasteiger partial charge in [-0.25, -0.2) is 9.89 Å². The lowest BCUT2D eigenvalue weighted by Gasteiger charge is -2.25. The summed E-state index contributed by atoms with van der Waals surface area (Å²) in [5, 5.41) is 17.8. The summed E-state index contributed by atoms with van der Waals surface area (Å²) in [6.45, 7) is 5.57. The molecule has 2 aromatic heterocycles. The Hall–Kier alpha value is -2.38. The second-order valence-electron chi connectivity index (χ2n) is 5.11. The van der Waals surface area contributed by atoms with E-state index < -0.39 is 0 Å². The number of H-pyrrole nitrogens is 1. The van der Waals surface area contributed by atoms with E-state index in [1.165, 1.54) is 4.52 Å². The third kappa shape index (κ3) is 3.14. The van der Waals surface area contributed by atoms with E-state index in [1.807, 2.05) is 11.0 Å². The van der Waals surface area contributed by atoms with Crippen LogP contribution >= 0.6 is 0 Å². The molecule has 0 unspecified atom stereocenters. The number of nitrogens with two attached hydrogens (primary N) is 1. The number of hydrogen-bond acceptors (Lipinski definition) is 5. The van der Waals surface area contributed by atoms with Crippen molar-refractivity contribution in [3.63, 3.8) is 0 Å². The molecule has 108 valence electrons. The third-order valence-electron chi connectivity index (χ3n) is 2.82. The molecular formula is C12H19N7O. The van der Waals surface area contributed by atoms with Crippen molar-refractivity contribution in [2.75, 3.05) is 18.0 Å². The van der Waals surface area contributed by atoms with E-state index in [-0.39, 0.29) is 11.5 Å². The van der Waals surface area contributed by atoms with Crippen molar-refractivity contribution in [1.82, 2.24) is 19.8 Å². The Balaban J connectivity index is 2.31. The molecule has 0 saturated carbocycles. The minimum absolute atomic E-state index is 0.139. The summed E-state index contributed by atoms with van der Waals surface area (Å²) >= 11 is 0. The third-order valence-corrected chi connectivity index (χ3v) is 2.82. The zero-order valence-corrected chi connectivity index (χ0v) is 11.6. The van der Waals surface area contributed by atoms with Gasteiger partial charge in [0.2, 0.25) is 0 Å². The molecule has 0 fully saturated rings. The van der Waals surface area contributed by atoms with Crippen molar-refractivity contribution >= 4 is 17.3 Å². The van der Waals surface area contributed by atoms with Gasteiger partial charge >= 0.3 is 5.69 Å². The summed E-state index contributed by atoms with van der Waals surface area (Å²) in [6.07, 6.45) is 0.465. The van der Waals surface area contributed by atoms with Crippen LogP contribution in [0.1, 0.15) is 20.3 Å². The molecule has 0 bridgehead atoms. The first-order chi connectivity index (χ1) is 9.47. The number of nitrogens with zero attached hydrogens (tertiary/aromatic N) is 4. The monoisotopic (exact) mass is 277 g/mol. The van der Waals surface area contributed by atoms with Gasteiger partial charge in [0.05, 0.1) is 5.84 Å². The first-order valence-corrected chi connectivity index (χ1v) is 6.49. The van der Waals surface area contributed by atoms with Crippen LogP contribution in [0.5, 0.6) is 0 Å². The Labute approximate surface area is 116 Å². The van der Waals surface area contributed by atoms with Crippen LogP contribution in [0.3, 0.4) is 0 Å². The van der Waals surface area contributed by atoms with Crippen LogP contribution in [-0.4, -0.2) is 38.7 Å². The summed E-state index contributed by atoms with van der Waals surface area (Å²) in [5.41, 5.74) is 5.53. The number of fused-ring (bicyclic) bond motifs is 1. The average Bonchev–Trinajstić information content (AvgIpc) is 2.75. The molecule has 8 nitrogen and oxygen atoms in total.